The molecule has 58 heavy (non-hydrogen) atoms. The summed E-state index contributed by atoms with van der Waals surface area (Å²) in [5.41, 5.74) is 0. The minimum atomic E-state index is -1.57. The van der Waals surface area contributed by atoms with Crippen LogP contribution in [-0.2, 0) is 14.3 Å². The van der Waals surface area contributed by atoms with E-state index in [1.807, 2.05) is 6.08 Å². The molecule has 0 aromatic rings. The monoisotopic (exact) mass is 822 g/mol. The van der Waals surface area contributed by atoms with Gasteiger partial charge in [0.15, 0.2) is 6.29 Å². The van der Waals surface area contributed by atoms with Gasteiger partial charge in [0.1, 0.15) is 24.4 Å². The number of unbranched alkanes of at least 4 members (excludes halogenated alkanes) is 26. The number of aliphatic hydroxyl groups excluding tert-OH is 5. The van der Waals surface area contributed by atoms with Crippen LogP contribution in [0.25, 0.3) is 0 Å². The predicted octanol–water partition coefficient (Wildman–Crippen LogP) is 10.5. The molecule has 9 heteroatoms. The van der Waals surface area contributed by atoms with E-state index < -0.39 is 49.5 Å². The van der Waals surface area contributed by atoms with Crippen molar-refractivity contribution in [3.63, 3.8) is 0 Å². The van der Waals surface area contributed by atoms with E-state index in [0.717, 1.165) is 70.6 Å². The number of hydrogen-bond donors (Lipinski definition) is 6. The Morgan fingerprint density at radius 1 is 0.586 bits per heavy atom. The van der Waals surface area contributed by atoms with Crippen molar-refractivity contribution in [3.8, 4) is 0 Å². The fourth-order valence-electron chi connectivity index (χ4n) is 7.53. The Balaban J connectivity index is 2.32. The quantitative estimate of drug-likeness (QED) is 0.0264. The van der Waals surface area contributed by atoms with E-state index in [1.54, 1.807) is 6.08 Å². The SMILES string of the molecule is CCCC/C=C\C/C=C\CCCCCCCC(=O)NC(COC1OC(CO)C(O)C(O)C1O)C(O)/C=C/CCCCCCCCCCCCCCCCCCCCC. The first-order valence-electron chi connectivity index (χ1n) is 24.2. The number of ether oxygens (including phenoxy) is 2. The lowest BCUT2D eigenvalue weighted by Gasteiger charge is -2.40. The lowest BCUT2D eigenvalue weighted by molar-refractivity contribution is -0.302. The van der Waals surface area contributed by atoms with Gasteiger partial charge in [0.25, 0.3) is 0 Å². The van der Waals surface area contributed by atoms with Crippen LogP contribution >= 0.6 is 0 Å². The second kappa shape index (κ2) is 39.5. The van der Waals surface area contributed by atoms with Crippen molar-refractivity contribution in [3.05, 3.63) is 36.5 Å². The maximum atomic E-state index is 12.9. The maximum Gasteiger partial charge on any atom is 0.220 e. The zero-order valence-electron chi connectivity index (χ0n) is 37.3. The van der Waals surface area contributed by atoms with E-state index in [1.165, 1.54) is 122 Å². The molecule has 1 aliphatic rings. The smallest absolute Gasteiger partial charge is 0.220 e. The average molecular weight is 822 g/mol. The first-order chi connectivity index (χ1) is 28.3. The third kappa shape index (κ3) is 29.6. The minimum Gasteiger partial charge on any atom is -0.394 e. The number of carbonyl (C=O) groups excluding carboxylic acids is 1. The fraction of sp³-hybridized carbons (Fsp3) is 0.857. The summed E-state index contributed by atoms with van der Waals surface area (Å²) in [6.45, 7) is 3.73. The summed E-state index contributed by atoms with van der Waals surface area (Å²) in [7, 11) is 0. The number of allylic oxidation sites excluding steroid dienone is 5. The molecule has 1 saturated heterocycles. The van der Waals surface area contributed by atoms with Gasteiger partial charge in [-0.05, 0) is 44.9 Å². The normalized spacial score (nSPS) is 21.1. The zero-order chi connectivity index (χ0) is 42.3. The first-order valence-corrected chi connectivity index (χ1v) is 24.2. The molecule has 0 spiro atoms. The van der Waals surface area contributed by atoms with Gasteiger partial charge < -0.3 is 40.3 Å². The van der Waals surface area contributed by atoms with Crippen molar-refractivity contribution in [2.45, 2.75) is 256 Å². The van der Waals surface area contributed by atoms with Crippen LogP contribution in [0.4, 0.5) is 0 Å². The summed E-state index contributed by atoms with van der Waals surface area (Å²) in [5, 5.41) is 54.2. The highest BCUT2D eigenvalue weighted by molar-refractivity contribution is 5.76. The highest BCUT2D eigenvalue weighted by atomic mass is 16.7. The van der Waals surface area contributed by atoms with Gasteiger partial charge in [-0.15, -0.1) is 0 Å². The van der Waals surface area contributed by atoms with Crippen molar-refractivity contribution in [1.82, 2.24) is 5.32 Å². The van der Waals surface area contributed by atoms with Crippen LogP contribution in [0.3, 0.4) is 0 Å². The van der Waals surface area contributed by atoms with Crippen LogP contribution < -0.4 is 5.32 Å². The van der Waals surface area contributed by atoms with Gasteiger partial charge in [-0.1, -0.05) is 198 Å². The van der Waals surface area contributed by atoms with Gasteiger partial charge in [0, 0.05) is 6.42 Å². The van der Waals surface area contributed by atoms with Crippen molar-refractivity contribution in [2.24, 2.45) is 0 Å². The van der Waals surface area contributed by atoms with Gasteiger partial charge in [0.2, 0.25) is 5.91 Å². The van der Waals surface area contributed by atoms with Gasteiger partial charge >= 0.3 is 0 Å². The van der Waals surface area contributed by atoms with Crippen LogP contribution in [0.5, 0.6) is 0 Å². The van der Waals surface area contributed by atoms with Crippen LogP contribution in [0.2, 0.25) is 0 Å². The second-order valence-electron chi connectivity index (χ2n) is 16.9. The Kier molecular flexibility index (Phi) is 37.1. The minimum absolute atomic E-state index is 0.191. The van der Waals surface area contributed by atoms with Crippen molar-refractivity contribution in [1.29, 1.82) is 0 Å². The van der Waals surface area contributed by atoms with Crippen LogP contribution in [0.1, 0.15) is 213 Å². The predicted molar refractivity (Wildman–Crippen MR) is 240 cm³/mol. The molecule has 7 unspecified atom stereocenters. The standard InChI is InChI=1S/C49H91NO8/c1-3-5-7-9-11-13-15-17-19-20-21-22-23-24-25-26-28-30-32-34-36-38-43(52)42(41-57-49-48(56)47(55)46(54)44(40-51)58-49)50-45(53)39-37-35-33-31-29-27-18-16-14-12-10-8-6-4-2/h10,12,16,18,36,38,42-44,46-49,51-52,54-56H,3-9,11,13-15,17,19-35,37,39-41H2,1-2H3,(H,50,53)/b12-10-,18-16-,38-36+. The Labute approximate surface area is 355 Å². The van der Waals surface area contributed by atoms with Crippen molar-refractivity contribution >= 4 is 5.91 Å². The molecule has 0 bridgehead atoms. The lowest BCUT2D eigenvalue weighted by Crippen LogP contribution is -2.60. The second-order valence-corrected chi connectivity index (χ2v) is 16.9. The molecule has 1 rings (SSSR count). The van der Waals surface area contributed by atoms with Crippen molar-refractivity contribution in [2.75, 3.05) is 13.2 Å². The van der Waals surface area contributed by atoms with E-state index in [2.05, 4.69) is 43.5 Å². The Morgan fingerprint density at radius 3 is 1.53 bits per heavy atom. The summed E-state index contributed by atoms with van der Waals surface area (Å²) in [6, 6.07) is -0.811. The number of amides is 1. The highest BCUT2D eigenvalue weighted by Gasteiger charge is 2.44. The van der Waals surface area contributed by atoms with Crippen LogP contribution in [0.15, 0.2) is 36.5 Å². The summed E-state index contributed by atoms with van der Waals surface area (Å²) in [6.07, 6.45) is 41.9. The van der Waals surface area contributed by atoms with E-state index in [4.69, 9.17) is 9.47 Å². The Morgan fingerprint density at radius 2 is 1.03 bits per heavy atom. The summed E-state index contributed by atoms with van der Waals surface area (Å²) in [5.74, 6) is -0.191. The number of carbonyl (C=O) groups is 1. The van der Waals surface area contributed by atoms with Gasteiger partial charge in [-0.2, -0.15) is 0 Å². The number of nitrogens with one attached hydrogen (secondary N) is 1. The molecule has 340 valence electrons. The molecule has 0 aromatic carbocycles. The van der Waals surface area contributed by atoms with Crippen LogP contribution in [0, 0.1) is 0 Å². The molecule has 1 heterocycles. The lowest BCUT2D eigenvalue weighted by atomic mass is 9.99. The van der Waals surface area contributed by atoms with Crippen molar-refractivity contribution < 1.29 is 39.8 Å². The highest BCUT2D eigenvalue weighted by Crippen LogP contribution is 2.23. The zero-order valence-corrected chi connectivity index (χ0v) is 37.3. The van der Waals surface area contributed by atoms with E-state index in [9.17, 15) is 30.3 Å². The topological polar surface area (TPSA) is 149 Å². The van der Waals surface area contributed by atoms with Gasteiger partial charge in [0.05, 0.1) is 25.4 Å². The summed E-state index contributed by atoms with van der Waals surface area (Å²) < 4.78 is 11.2. The van der Waals surface area contributed by atoms with E-state index >= 15 is 0 Å². The first kappa shape index (κ1) is 54.4. The Hall–Kier alpha value is -1.59. The van der Waals surface area contributed by atoms with Gasteiger partial charge in [-0.25, -0.2) is 0 Å². The number of aliphatic hydroxyl groups is 5. The maximum absolute atomic E-state index is 12.9. The number of rotatable bonds is 40. The van der Waals surface area contributed by atoms with E-state index in [-0.39, 0.29) is 12.5 Å². The molecular formula is C49H91NO8. The van der Waals surface area contributed by atoms with Gasteiger partial charge in [-0.3, -0.25) is 4.79 Å². The Bertz CT molecular complexity index is 1000. The summed E-state index contributed by atoms with van der Waals surface area (Å²) >= 11 is 0. The molecule has 1 amide bonds. The molecule has 0 aliphatic carbocycles. The number of hydrogen-bond acceptors (Lipinski definition) is 8. The molecule has 0 saturated carbocycles. The molecule has 1 aliphatic heterocycles. The third-order valence-corrected chi connectivity index (χ3v) is 11.5. The molecule has 1 fully saturated rings. The molecular weight excluding hydrogens is 731 g/mol. The summed E-state index contributed by atoms with van der Waals surface area (Å²) in [4.78, 5) is 12.9. The molecule has 9 nitrogen and oxygen atoms in total. The molecule has 6 N–H and O–H groups in total. The average Bonchev–Trinajstić information content (AvgIpc) is 3.22. The third-order valence-electron chi connectivity index (χ3n) is 11.5. The molecule has 0 radical (unpaired) electrons. The fourth-order valence-corrected chi connectivity index (χ4v) is 7.53. The van der Waals surface area contributed by atoms with Crippen LogP contribution in [-0.4, -0.2) is 87.5 Å². The largest absolute Gasteiger partial charge is 0.394 e. The molecule has 7 atom stereocenters. The molecule has 0 aromatic heterocycles. The van der Waals surface area contributed by atoms with E-state index in [0.29, 0.717) is 6.42 Å².